The van der Waals surface area contributed by atoms with E-state index in [2.05, 4.69) is 4.98 Å². The highest BCUT2D eigenvalue weighted by atomic mass is 16.5. The molecule has 0 radical (unpaired) electrons. The highest BCUT2D eigenvalue weighted by Gasteiger charge is 2.34. The smallest absolute Gasteiger partial charge is 0.305 e. The summed E-state index contributed by atoms with van der Waals surface area (Å²) in [5.41, 5.74) is 0.377. The lowest BCUT2D eigenvalue weighted by Gasteiger charge is -2.22. The highest BCUT2D eigenvalue weighted by Crippen LogP contribution is 2.29. The van der Waals surface area contributed by atoms with Crippen LogP contribution in [0.4, 0.5) is 0 Å². The van der Waals surface area contributed by atoms with Crippen LogP contribution in [0.2, 0.25) is 0 Å². The van der Waals surface area contributed by atoms with Crippen LogP contribution < -0.4 is 4.74 Å². The molecule has 1 aliphatic rings. The molecule has 0 unspecified atom stereocenters. The zero-order chi connectivity index (χ0) is 13.8. The van der Waals surface area contributed by atoms with Crippen LogP contribution in [0.15, 0.2) is 18.3 Å². The lowest BCUT2D eigenvalue weighted by Crippen LogP contribution is -2.35. The topological polar surface area (TPSA) is 79.7 Å². The molecule has 1 N–H and O–H groups in total. The van der Waals surface area contributed by atoms with Gasteiger partial charge in [-0.25, -0.2) is 4.98 Å². The van der Waals surface area contributed by atoms with E-state index in [1.165, 1.54) is 7.11 Å². The van der Waals surface area contributed by atoms with Crippen molar-refractivity contribution in [3.8, 4) is 5.88 Å². The first-order valence-corrected chi connectivity index (χ1v) is 6.15. The first kappa shape index (κ1) is 13.3. The number of hydrogen-bond acceptors (Lipinski definition) is 4. The van der Waals surface area contributed by atoms with Gasteiger partial charge in [-0.1, -0.05) is 0 Å². The summed E-state index contributed by atoms with van der Waals surface area (Å²) < 4.78 is 5.07. The summed E-state index contributed by atoms with van der Waals surface area (Å²) in [5, 5.41) is 8.74. The molecular formula is C13H16N2O4. The third kappa shape index (κ3) is 3.21. The van der Waals surface area contributed by atoms with E-state index < -0.39 is 5.97 Å². The predicted octanol–water partition coefficient (Wildman–Crippen LogP) is 1.17. The van der Waals surface area contributed by atoms with Gasteiger partial charge >= 0.3 is 5.97 Å². The number of carbonyl (C=O) groups excluding carboxylic acids is 1. The molecule has 1 heterocycles. The minimum Gasteiger partial charge on any atom is -0.481 e. The Morgan fingerprint density at radius 2 is 2.26 bits per heavy atom. The Morgan fingerprint density at radius 3 is 2.84 bits per heavy atom. The van der Waals surface area contributed by atoms with Crippen LogP contribution in [0.3, 0.4) is 0 Å². The van der Waals surface area contributed by atoms with Gasteiger partial charge in [0.25, 0.3) is 5.91 Å². The van der Waals surface area contributed by atoms with Gasteiger partial charge in [0.15, 0.2) is 0 Å². The molecule has 1 aliphatic carbocycles. The van der Waals surface area contributed by atoms with Crippen molar-refractivity contribution in [3.63, 3.8) is 0 Å². The molecule has 6 nitrogen and oxygen atoms in total. The third-order valence-electron chi connectivity index (χ3n) is 3.01. The van der Waals surface area contributed by atoms with Crippen LogP contribution in [0, 0.1) is 0 Å². The van der Waals surface area contributed by atoms with E-state index in [-0.39, 0.29) is 30.8 Å². The fraction of sp³-hybridized carbons (Fsp3) is 0.462. The number of methoxy groups -OCH3 is 1. The van der Waals surface area contributed by atoms with Gasteiger partial charge in [0, 0.05) is 18.8 Å². The number of aliphatic carboxylic acids is 1. The average molecular weight is 264 g/mol. The number of amides is 1. The first-order valence-electron chi connectivity index (χ1n) is 6.15. The molecule has 1 amide bonds. The standard InChI is InChI=1S/C13H16N2O4/c1-19-12-10(3-2-7-14-12)13(18)15(9-4-5-9)8-6-11(16)17/h2-3,7,9H,4-6,8H2,1H3,(H,16,17). The summed E-state index contributed by atoms with van der Waals surface area (Å²) >= 11 is 0. The lowest BCUT2D eigenvalue weighted by atomic mass is 10.2. The van der Waals surface area contributed by atoms with Crippen LogP contribution in [-0.4, -0.2) is 46.6 Å². The molecule has 1 aromatic rings. The molecule has 19 heavy (non-hydrogen) atoms. The van der Waals surface area contributed by atoms with Gasteiger partial charge in [0.05, 0.1) is 13.5 Å². The second kappa shape index (κ2) is 5.69. The van der Waals surface area contributed by atoms with E-state index in [0.717, 1.165) is 12.8 Å². The van der Waals surface area contributed by atoms with Crippen molar-refractivity contribution in [1.82, 2.24) is 9.88 Å². The Balaban J connectivity index is 2.16. The van der Waals surface area contributed by atoms with Crippen LogP contribution in [-0.2, 0) is 4.79 Å². The molecule has 2 rings (SSSR count). The van der Waals surface area contributed by atoms with Gasteiger partial charge in [0.2, 0.25) is 5.88 Å². The van der Waals surface area contributed by atoms with E-state index >= 15 is 0 Å². The van der Waals surface area contributed by atoms with Gasteiger partial charge < -0.3 is 14.7 Å². The number of nitrogens with zero attached hydrogens (tertiary/aromatic N) is 2. The van der Waals surface area contributed by atoms with Crippen LogP contribution in [0.1, 0.15) is 29.6 Å². The molecule has 0 aliphatic heterocycles. The fourth-order valence-electron chi connectivity index (χ4n) is 1.92. The summed E-state index contributed by atoms with van der Waals surface area (Å²) in [5.74, 6) is -0.848. The summed E-state index contributed by atoms with van der Waals surface area (Å²) in [4.78, 5) is 28.7. The Kier molecular flexibility index (Phi) is 3.99. The second-order valence-corrected chi connectivity index (χ2v) is 4.43. The van der Waals surface area contributed by atoms with Crippen molar-refractivity contribution in [3.05, 3.63) is 23.9 Å². The van der Waals surface area contributed by atoms with Crippen molar-refractivity contribution in [2.75, 3.05) is 13.7 Å². The third-order valence-corrected chi connectivity index (χ3v) is 3.01. The zero-order valence-corrected chi connectivity index (χ0v) is 10.7. The monoisotopic (exact) mass is 264 g/mol. The molecule has 0 aromatic carbocycles. The number of carboxylic acid groups (broad SMARTS) is 1. The number of ether oxygens (including phenoxy) is 1. The fourth-order valence-corrected chi connectivity index (χ4v) is 1.92. The Morgan fingerprint density at radius 1 is 1.53 bits per heavy atom. The number of pyridine rings is 1. The largest absolute Gasteiger partial charge is 0.481 e. The maximum atomic E-state index is 12.4. The van der Waals surface area contributed by atoms with Crippen molar-refractivity contribution >= 4 is 11.9 Å². The van der Waals surface area contributed by atoms with Crippen molar-refractivity contribution < 1.29 is 19.4 Å². The number of hydrogen-bond donors (Lipinski definition) is 1. The van der Waals surface area contributed by atoms with E-state index in [1.807, 2.05) is 0 Å². The van der Waals surface area contributed by atoms with E-state index in [0.29, 0.717) is 5.56 Å². The summed E-state index contributed by atoms with van der Waals surface area (Å²) in [6.45, 7) is 0.219. The molecule has 1 saturated carbocycles. The molecule has 6 heteroatoms. The number of carboxylic acids is 1. The minimum atomic E-state index is -0.906. The van der Waals surface area contributed by atoms with E-state index in [4.69, 9.17) is 9.84 Å². The highest BCUT2D eigenvalue weighted by molar-refractivity contribution is 5.96. The van der Waals surface area contributed by atoms with Crippen LogP contribution >= 0.6 is 0 Å². The molecule has 0 spiro atoms. The minimum absolute atomic E-state index is 0.0508. The van der Waals surface area contributed by atoms with Gasteiger partial charge in [-0.3, -0.25) is 9.59 Å². The summed E-state index contributed by atoms with van der Waals surface area (Å²) in [7, 11) is 1.46. The Hall–Kier alpha value is -2.11. The van der Waals surface area contributed by atoms with Crippen molar-refractivity contribution in [2.24, 2.45) is 0 Å². The Bertz CT molecular complexity index is 485. The molecule has 0 saturated heterocycles. The predicted molar refractivity (Wildman–Crippen MR) is 67.1 cm³/mol. The molecular weight excluding hydrogens is 248 g/mol. The average Bonchev–Trinajstić information content (AvgIpc) is 3.23. The maximum absolute atomic E-state index is 12.4. The lowest BCUT2D eigenvalue weighted by molar-refractivity contribution is -0.137. The second-order valence-electron chi connectivity index (χ2n) is 4.43. The molecule has 1 aromatic heterocycles. The first-order chi connectivity index (χ1) is 9.13. The summed E-state index contributed by atoms with van der Waals surface area (Å²) in [6, 6.07) is 3.46. The van der Waals surface area contributed by atoms with Gasteiger partial charge in [-0.2, -0.15) is 0 Å². The maximum Gasteiger partial charge on any atom is 0.305 e. The Labute approximate surface area is 111 Å². The van der Waals surface area contributed by atoms with E-state index in [1.54, 1.807) is 23.2 Å². The molecule has 102 valence electrons. The SMILES string of the molecule is COc1ncccc1C(=O)N(CCC(=O)O)C1CC1. The van der Waals surface area contributed by atoms with Gasteiger partial charge in [0.1, 0.15) is 5.56 Å². The quantitative estimate of drug-likeness (QED) is 0.834. The molecule has 0 atom stereocenters. The van der Waals surface area contributed by atoms with Crippen molar-refractivity contribution in [2.45, 2.75) is 25.3 Å². The molecule has 1 fully saturated rings. The molecule has 0 bridgehead atoms. The number of rotatable bonds is 6. The van der Waals surface area contributed by atoms with Crippen LogP contribution in [0.5, 0.6) is 5.88 Å². The normalized spacial score (nSPS) is 13.9. The van der Waals surface area contributed by atoms with E-state index in [9.17, 15) is 9.59 Å². The number of carbonyl (C=O) groups is 2. The van der Waals surface area contributed by atoms with Gasteiger partial charge in [-0.15, -0.1) is 0 Å². The zero-order valence-electron chi connectivity index (χ0n) is 10.7. The number of aromatic nitrogens is 1. The van der Waals surface area contributed by atoms with Crippen molar-refractivity contribution in [1.29, 1.82) is 0 Å². The van der Waals surface area contributed by atoms with Crippen LogP contribution in [0.25, 0.3) is 0 Å². The summed E-state index contributed by atoms with van der Waals surface area (Å²) in [6.07, 6.45) is 3.35. The van der Waals surface area contributed by atoms with Gasteiger partial charge in [-0.05, 0) is 25.0 Å².